The zero-order chi connectivity index (χ0) is 27.0. The zero-order valence-electron chi connectivity index (χ0n) is 23.4. The molecule has 5 fully saturated rings. The minimum absolute atomic E-state index is 0.00668. The van der Waals surface area contributed by atoms with Crippen molar-refractivity contribution in [1.82, 2.24) is 10.3 Å². The molecule has 1 saturated heterocycles. The summed E-state index contributed by atoms with van der Waals surface area (Å²) in [7, 11) is 1.45. The lowest BCUT2D eigenvalue weighted by Gasteiger charge is -2.34. The van der Waals surface area contributed by atoms with Gasteiger partial charge in [-0.2, -0.15) is 0 Å². The number of ether oxygens (including phenoxy) is 1. The molecule has 0 aromatic carbocycles. The predicted molar refractivity (Wildman–Crippen MR) is 153 cm³/mol. The molecule has 1 amide bonds. The van der Waals surface area contributed by atoms with Gasteiger partial charge in [-0.3, -0.25) is 9.59 Å². The lowest BCUT2D eigenvalue weighted by Crippen LogP contribution is -2.42. The molecule has 1 aromatic heterocycles. The van der Waals surface area contributed by atoms with Crippen molar-refractivity contribution in [3.05, 3.63) is 17.7 Å². The molecule has 6 rings (SSSR count). The van der Waals surface area contributed by atoms with Crippen LogP contribution in [0.1, 0.15) is 100 Å². The molecule has 5 aliphatic rings. The van der Waals surface area contributed by atoms with Crippen LogP contribution >= 0.6 is 11.8 Å². The summed E-state index contributed by atoms with van der Waals surface area (Å²) in [6.45, 7) is 1.70. The number of pyridine rings is 1. The van der Waals surface area contributed by atoms with Gasteiger partial charge in [0.25, 0.3) is 5.91 Å². The molecule has 1 aliphatic heterocycles. The SMILES string of the molecule is COC(=O)C[C@@H]1CCCN(c2ccc(C(=O)N[C@H]3CCC4CC5C[C@@](O)(C4)CC53)c(SC3CCCCC3)n2)C1. The number of carbonyl (C=O) groups excluding carboxylic acids is 2. The number of methoxy groups -OCH3 is 1. The molecular weight excluding hydrogens is 510 g/mol. The molecule has 0 radical (unpaired) electrons. The van der Waals surface area contributed by atoms with Crippen molar-refractivity contribution < 1.29 is 19.4 Å². The monoisotopic (exact) mass is 555 g/mol. The summed E-state index contributed by atoms with van der Waals surface area (Å²) >= 11 is 1.79. The number of anilines is 1. The van der Waals surface area contributed by atoms with Crippen LogP contribution in [0.2, 0.25) is 0 Å². The molecule has 8 heteroatoms. The highest BCUT2D eigenvalue weighted by Gasteiger charge is 2.53. The molecule has 4 aliphatic carbocycles. The Hall–Kier alpha value is -1.80. The Bertz CT molecular complexity index is 1060. The molecule has 1 aromatic rings. The Balaban J connectivity index is 1.21. The largest absolute Gasteiger partial charge is 0.469 e. The van der Waals surface area contributed by atoms with E-state index in [9.17, 15) is 14.7 Å². The van der Waals surface area contributed by atoms with E-state index in [1.807, 2.05) is 12.1 Å². The minimum atomic E-state index is -0.507. The number of hydrogen-bond donors (Lipinski definition) is 2. The lowest BCUT2D eigenvalue weighted by molar-refractivity contribution is -0.141. The standard InChI is InChI=1S/C31H45N3O4S/c1-38-28(35)15-21-6-5-13-34(19-21)27-12-10-24(30(33-27)39-23-7-3-2-4-8-23)29(36)32-26-11-9-20-14-22-17-31(37,16-20)18-25(22)26/h10,12,20-23,25-26,37H,2-9,11,13-19H2,1H3,(H,32,36)/t20?,21-,22?,25?,26-,31-/m0/s1. The Kier molecular flexibility index (Phi) is 8.14. The molecule has 2 N–H and O–H groups in total. The van der Waals surface area contributed by atoms with Gasteiger partial charge in [-0.15, -0.1) is 11.8 Å². The molecule has 6 atom stereocenters. The molecule has 7 nitrogen and oxygen atoms in total. The third kappa shape index (κ3) is 6.12. The van der Waals surface area contributed by atoms with Crippen LogP contribution in [0.15, 0.2) is 17.2 Å². The number of nitrogens with one attached hydrogen (secondary N) is 1. The van der Waals surface area contributed by atoms with Gasteiger partial charge in [0.1, 0.15) is 10.8 Å². The zero-order valence-corrected chi connectivity index (χ0v) is 24.2. The molecule has 4 saturated carbocycles. The van der Waals surface area contributed by atoms with Crippen molar-refractivity contribution >= 4 is 29.5 Å². The van der Waals surface area contributed by atoms with Crippen LogP contribution in [0.25, 0.3) is 0 Å². The smallest absolute Gasteiger partial charge is 0.305 e. The number of amides is 1. The van der Waals surface area contributed by atoms with Gasteiger partial charge < -0.3 is 20.1 Å². The van der Waals surface area contributed by atoms with Crippen molar-refractivity contribution in [2.24, 2.45) is 23.7 Å². The molecule has 0 spiro atoms. The topological polar surface area (TPSA) is 91.8 Å². The van der Waals surface area contributed by atoms with Gasteiger partial charge >= 0.3 is 5.97 Å². The summed E-state index contributed by atoms with van der Waals surface area (Å²) in [5.41, 5.74) is 0.188. The summed E-state index contributed by atoms with van der Waals surface area (Å²) in [5.74, 6) is 2.54. The van der Waals surface area contributed by atoms with Gasteiger partial charge in [-0.25, -0.2) is 4.98 Å². The summed E-state index contributed by atoms with van der Waals surface area (Å²) in [4.78, 5) is 33.2. The number of aliphatic hydroxyl groups is 1. The number of carbonyl (C=O) groups is 2. The maximum Gasteiger partial charge on any atom is 0.305 e. The average Bonchev–Trinajstić information content (AvgIpc) is 3.12. The Morgan fingerprint density at radius 2 is 1.95 bits per heavy atom. The second-order valence-corrected chi connectivity index (χ2v) is 14.4. The second kappa shape index (κ2) is 11.6. The fraction of sp³-hybridized carbons (Fsp3) is 0.774. The van der Waals surface area contributed by atoms with Crippen molar-refractivity contribution in [3.63, 3.8) is 0 Å². The van der Waals surface area contributed by atoms with Crippen LogP contribution in [-0.2, 0) is 9.53 Å². The first-order chi connectivity index (χ1) is 18.9. The first kappa shape index (κ1) is 27.4. The molecule has 2 heterocycles. The van der Waals surface area contributed by atoms with Crippen LogP contribution < -0.4 is 10.2 Å². The van der Waals surface area contributed by atoms with Crippen LogP contribution in [0, 0.1) is 23.7 Å². The normalized spacial score (nSPS) is 34.5. The highest BCUT2D eigenvalue weighted by molar-refractivity contribution is 7.99. The molecular formula is C31H45N3O4S. The fourth-order valence-corrected chi connectivity index (χ4v) is 9.83. The summed E-state index contributed by atoms with van der Waals surface area (Å²) < 4.78 is 4.91. The number of rotatable bonds is 7. The average molecular weight is 556 g/mol. The Morgan fingerprint density at radius 3 is 2.77 bits per heavy atom. The Morgan fingerprint density at radius 1 is 1.10 bits per heavy atom. The number of hydrogen-bond acceptors (Lipinski definition) is 7. The van der Waals surface area contributed by atoms with Gasteiger partial charge in [0.05, 0.1) is 18.3 Å². The van der Waals surface area contributed by atoms with E-state index in [0.29, 0.717) is 35.0 Å². The van der Waals surface area contributed by atoms with Crippen LogP contribution in [0.5, 0.6) is 0 Å². The summed E-state index contributed by atoms with van der Waals surface area (Å²) in [6.07, 6.45) is 14.6. The molecule has 39 heavy (non-hydrogen) atoms. The third-order valence-corrected chi connectivity index (χ3v) is 11.7. The van der Waals surface area contributed by atoms with Gasteiger partial charge in [0, 0.05) is 30.8 Å². The van der Waals surface area contributed by atoms with Crippen molar-refractivity contribution in [3.8, 4) is 0 Å². The van der Waals surface area contributed by atoms with Gasteiger partial charge in [-0.1, -0.05) is 19.3 Å². The number of fused-ring (bicyclic) bond motifs is 2. The third-order valence-electron chi connectivity index (χ3n) is 10.3. The van der Waals surface area contributed by atoms with Crippen LogP contribution in [0.4, 0.5) is 5.82 Å². The molecule has 3 bridgehead atoms. The number of nitrogens with zero attached hydrogens (tertiary/aromatic N) is 2. The van der Waals surface area contributed by atoms with Gasteiger partial charge in [-0.05, 0) is 100 Å². The van der Waals surface area contributed by atoms with E-state index in [0.717, 1.165) is 68.9 Å². The van der Waals surface area contributed by atoms with E-state index in [1.165, 1.54) is 45.6 Å². The maximum absolute atomic E-state index is 13.9. The van der Waals surface area contributed by atoms with Crippen molar-refractivity contribution in [1.29, 1.82) is 0 Å². The van der Waals surface area contributed by atoms with Gasteiger partial charge in [0.15, 0.2) is 0 Å². The van der Waals surface area contributed by atoms with E-state index in [2.05, 4.69) is 10.2 Å². The van der Waals surface area contributed by atoms with Crippen molar-refractivity contribution in [2.45, 2.75) is 112 Å². The van der Waals surface area contributed by atoms with Crippen molar-refractivity contribution in [2.75, 3.05) is 25.1 Å². The molecule has 3 unspecified atom stereocenters. The maximum atomic E-state index is 13.9. The van der Waals surface area contributed by atoms with E-state index >= 15 is 0 Å². The number of piperidine rings is 1. The van der Waals surface area contributed by atoms with E-state index < -0.39 is 5.60 Å². The van der Waals surface area contributed by atoms with E-state index in [-0.39, 0.29) is 23.8 Å². The minimum Gasteiger partial charge on any atom is -0.469 e. The number of thioether (sulfide) groups is 1. The summed E-state index contributed by atoms with van der Waals surface area (Å²) in [6, 6.07) is 4.12. The highest BCUT2D eigenvalue weighted by Crippen LogP contribution is 2.55. The number of esters is 1. The quantitative estimate of drug-likeness (QED) is 0.439. The van der Waals surface area contributed by atoms with Gasteiger partial charge in [0.2, 0.25) is 0 Å². The predicted octanol–water partition coefficient (Wildman–Crippen LogP) is 5.35. The first-order valence-corrected chi connectivity index (χ1v) is 16.3. The summed E-state index contributed by atoms with van der Waals surface area (Å²) in [5, 5.41) is 15.9. The first-order valence-electron chi connectivity index (χ1n) is 15.4. The highest BCUT2D eigenvalue weighted by atomic mass is 32.2. The lowest BCUT2D eigenvalue weighted by atomic mass is 9.77. The number of aromatic nitrogens is 1. The Labute approximate surface area is 237 Å². The van der Waals surface area contributed by atoms with Crippen LogP contribution in [-0.4, -0.2) is 59.1 Å². The fourth-order valence-electron chi connectivity index (χ4n) is 8.52. The van der Waals surface area contributed by atoms with E-state index in [4.69, 9.17) is 9.72 Å². The van der Waals surface area contributed by atoms with E-state index in [1.54, 1.807) is 11.8 Å². The second-order valence-electron chi connectivity index (χ2n) is 13.2. The molecule has 214 valence electrons. The van der Waals surface area contributed by atoms with Crippen LogP contribution in [0.3, 0.4) is 0 Å².